The van der Waals surface area contributed by atoms with Gasteiger partial charge >= 0.3 is 0 Å². The summed E-state index contributed by atoms with van der Waals surface area (Å²) in [6.07, 6.45) is 7.14. The highest BCUT2D eigenvalue weighted by molar-refractivity contribution is 7.92. The molecule has 1 heterocycles. The lowest BCUT2D eigenvalue weighted by Gasteiger charge is -2.37. The summed E-state index contributed by atoms with van der Waals surface area (Å²) in [7, 11) is -4.50. The number of aromatic nitrogens is 1. The minimum Gasteiger partial charge on any atom is -0.304 e. The molecule has 0 radical (unpaired) electrons. The molecule has 6 nitrogen and oxygen atoms in total. The van der Waals surface area contributed by atoms with E-state index in [4.69, 9.17) is 0 Å². The van der Waals surface area contributed by atoms with E-state index in [1.54, 1.807) is 24.3 Å². The number of amides is 1. The van der Waals surface area contributed by atoms with Crippen LogP contribution in [0.5, 0.6) is 0 Å². The van der Waals surface area contributed by atoms with Crippen LogP contribution in [0.4, 0.5) is 24.7 Å². The average molecular weight is 526 g/mol. The van der Waals surface area contributed by atoms with Crippen molar-refractivity contribution in [3.05, 3.63) is 101 Å². The normalized spacial score (nSPS) is 16.4. The lowest BCUT2D eigenvalue weighted by molar-refractivity contribution is -0.117. The summed E-state index contributed by atoms with van der Waals surface area (Å²) in [6.45, 7) is 1.34. The molecule has 0 spiro atoms. The number of halogens is 3. The van der Waals surface area contributed by atoms with Crippen LogP contribution in [0, 0.1) is 17.6 Å². The third-order valence-electron chi connectivity index (χ3n) is 6.46. The van der Waals surface area contributed by atoms with Gasteiger partial charge in [-0.15, -0.1) is 0 Å². The van der Waals surface area contributed by atoms with E-state index in [9.17, 15) is 22.0 Å². The Morgan fingerprint density at radius 1 is 1.11 bits per heavy atom. The summed E-state index contributed by atoms with van der Waals surface area (Å²) >= 11 is 0. The summed E-state index contributed by atoms with van der Waals surface area (Å²) in [5.41, 5.74) is 2.62. The maximum Gasteiger partial charge on any atom is 0.265 e. The molecule has 10 heteroatoms. The third kappa shape index (κ3) is 4.76. The second kappa shape index (κ2) is 9.51. The first-order valence-electron chi connectivity index (χ1n) is 11.6. The Balaban J connectivity index is 1.63. The van der Waals surface area contributed by atoms with Crippen molar-refractivity contribution < 1.29 is 26.4 Å². The summed E-state index contributed by atoms with van der Waals surface area (Å²) < 4.78 is 71.4. The zero-order valence-corrected chi connectivity index (χ0v) is 20.5. The molecule has 2 aromatic carbocycles. The number of aryl methyl sites for hydroxylation is 1. The van der Waals surface area contributed by atoms with Gasteiger partial charge in [-0.2, -0.15) is 4.39 Å². The molecule has 1 N–H and O–H groups in total. The van der Waals surface area contributed by atoms with Gasteiger partial charge < -0.3 is 4.90 Å². The highest BCUT2D eigenvalue weighted by atomic mass is 32.2. The van der Waals surface area contributed by atoms with Crippen molar-refractivity contribution in [1.29, 1.82) is 0 Å². The van der Waals surface area contributed by atoms with E-state index >= 15 is 4.39 Å². The van der Waals surface area contributed by atoms with Crippen LogP contribution in [-0.2, 0) is 21.2 Å². The molecule has 1 aromatic heterocycles. The standard InChI is InChI=1S/C27H22F3N3O3S/c1-16(34)33(23-8-3-7-18-11-12-19(28)13-20(18)23)24-15-22(29)25(14-21(24)17-5-2-6-17)37(35,36)32-27-10-4-9-26(30)31-27/h2,4-6,9-15,23H,3,7-8H2,1H3,(H,31,32). The molecule has 5 rings (SSSR count). The number of anilines is 2. The number of carbonyl (C=O) groups is 1. The van der Waals surface area contributed by atoms with Crippen LogP contribution in [-0.4, -0.2) is 19.3 Å². The number of fused-ring (bicyclic) bond motifs is 1. The van der Waals surface area contributed by atoms with Crippen LogP contribution in [0.2, 0.25) is 0 Å². The first-order valence-corrected chi connectivity index (χ1v) is 13.1. The topological polar surface area (TPSA) is 79.4 Å². The Morgan fingerprint density at radius 3 is 2.57 bits per heavy atom. The molecule has 1 atom stereocenters. The van der Waals surface area contributed by atoms with Gasteiger partial charge in [-0.1, -0.05) is 30.4 Å². The molecule has 0 saturated heterocycles. The molecule has 0 aliphatic heterocycles. The number of hydrogen-bond donors (Lipinski definition) is 1. The monoisotopic (exact) mass is 525 g/mol. The van der Waals surface area contributed by atoms with E-state index in [0.29, 0.717) is 23.1 Å². The molecule has 0 bridgehead atoms. The predicted molar refractivity (Wildman–Crippen MR) is 134 cm³/mol. The lowest BCUT2D eigenvalue weighted by Crippen LogP contribution is -2.36. The van der Waals surface area contributed by atoms with Crippen LogP contribution >= 0.6 is 0 Å². The first-order chi connectivity index (χ1) is 17.6. The molecular weight excluding hydrogens is 503 g/mol. The number of pyridine rings is 1. The second-order valence-electron chi connectivity index (χ2n) is 8.87. The quantitative estimate of drug-likeness (QED) is 0.420. The Kier molecular flexibility index (Phi) is 6.36. The van der Waals surface area contributed by atoms with Crippen LogP contribution in [0.1, 0.15) is 42.5 Å². The SMILES string of the molecule is CC(=O)N(c1cc(F)c(S(=O)(=O)Nc2cccc(F)n2)cc1C1=CC=C1)C1CCCc2ccc(F)cc21. The predicted octanol–water partition coefficient (Wildman–Crippen LogP) is 5.68. The van der Waals surface area contributed by atoms with E-state index in [1.807, 2.05) is 0 Å². The zero-order valence-electron chi connectivity index (χ0n) is 19.7. The van der Waals surface area contributed by atoms with E-state index in [-0.39, 0.29) is 11.5 Å². The number of nitrogens with one attached hydrogen (secondary N) is 1. The summed E-state index contributed by atoms with van der Waals surface area (Å²) in [5, 5.41) is 0. The fourth-order valence-corrected chi connectivity index (χ4v) is 5.87. The molecule has 1 amide bonds. The maximum absolute atomic E-state index is 15.5. The molecule has 190 valence electrons. The molecule has 1 unspecified atom stereocenters. The minimum absolute atomic E-state index is 0.172. The maximum atomic E-state index is 15.5. The van der Waals surface area contributed by atoms with Gasteiger partial charge in [0.1, 0.15) is 22.3 Å². The van der Waals surface area contributed by atoms with Crippen molar-refractivity contribution in [2.75, 3.05) is 9.62 Å². The largest absolute Gasteiger partial charge is 0.304 e. The van der Waals surface area contributed by atoms with Gasteiger partial charge in [-0.05, 0) is 72.4 Å². The Hall–Kier alpha value is -3.92. The van der Waals surface area contributed by atoms with Crippen molar-refractivity contribution in [3.63, 3.8) is 0 Å². The van der Waals surface area contributed by atoms with Gasteiger partial charge in [0.15, 0.2) is 0 Å². The van der Waals surface area contributed by atoms with Gasteiger partial charge in [-0.25, -0.2) is 22.2 Å². The number of allylic oxidation sites excluding steroid dienone is 4. The van der Waals surface area contributed by atoms with Crippen LogP contribution in [0.25, 0.3) is 5.57 Å². The summed E-state index contributed by atoms with van der Waals surface area (Å²) in [5.74, 6) is -3.15. The number of benzene rings is 2. The lowest BCUT2D eigenvalue weighted by atomic mass is 9.85. The van der Waals surface area contributed by atoms with Crippen molar-refractivity contribution in [3.8, 4) is 0 Å². The fraction of sp³-hybridized carbons (Fsp3) is 0.185. The van der Waals surface area contributed by atoms with E-state index in [0.717, 1.165) is 36.6 Å². The van der Waals surface area contributed by atoms with Crippen molar-refractivity contribution in [2.24, 2.45) is 0 Å². The number of nitrogens with zero attached hydrogens (tertiary/aromatic N) is 2. The van der Waals surface area contributed by atoms with Crippen molar-refractivity contribution >= 4 is 33.0 Å². The average Bonchev–Trinajstić information content (AvgIpc) is 2.79. The zero-order chi connectivity index (χ0) is 26.3. The number of carbonyl (C=O) groups excluding carboxylic acids is 1. The van der Waals surface area contributed by atoms with E-state index in [2.05, 4.69) is 9.71 Å². The van der Waals surface area contributed by atoms with Crippen LogP contribution < -0.4 is 9.62 Å². The smallest absolute Gasteiger partial charge is 0.265 e. The number of sulfonamides is 1. The van der Waals surface area contributed by atoms with Gasteiger partial charge in [0.25, 0.3) is 10.0 Å². The number of hydrogen-bond acceptors (Lipinski definition) is 4. The minimum atomic E-state index is -4.50. The summed E-state index contributed by atoms with van der Waals surface area (Å²) in [4.78, 5) is 17.2. The van der Waals surface area contributed by atoms with Crippen LogP contribution in [0.15, 0.2) is 71.7 Å². The summed E-state index contributed by atoms with van der Waals surface area (Å²) in [6, 6.07) is 9.60. The van der Waals surface area contributed by atoms with E-state index < -0.39 is 44.4 Å². The van der Waals surface area contributed by atoms with Crippen LogP contribution in [0.3, 0.4) is 0 Å². The van der Waals surface area contributed by atoms with Crippen molar-refractivity contribution in [1.82, 2.24) is 4.98 Å². The molecule has 2 aliphatic carbocycles. The Labute approximate surface area is 212 Å². The Bertz CT molecular complexity index is 1580. The Morgan fingerprint density at radius 2 is 1.89 bits per heavy atom. The molecule has 2 aliphatic rings. The number of rotatable bonds is 6. The second-order valence-corrected chi connectivity index (χ2v) is 10.5. The molecular formula is C27H22F3N3O3S. The van der Waals surface area contributed by atoms with Gasteiger partial charge in [0, 0.05) is 12.5 Å². The third-order valence-corrected chi connectivity index (χ3v) is 7.83. The van der Waals surface area contributed by atoms with Gasteiger partial charge in [0.05, 0.1) is 11.7 Å². The first kappa shape index (κ1) is 24.8. The highest BCUT2D eigenvalue weighted by Gasteiger charge is 2.33. The molecule has 0 fully saturated rings. The van der Waals surface area contributed by atoms with Gasteiger partial charge in [0.2, 0.25) is 11.9 Å². The van der Waals surface area contributed by atoms with E-state index in [1.165, 1.54) is 36.1 Å². The molecule has 3 aromatic rings. The fourth-order valence-electron chi connectivity index (χ4n) is 4.78. The molecule has 37 heavy (non-hydrogen) atoms. The highest BCUT2D eigenvalue weighted by Crippen LogP contribution is 2.42. The van der Waals surface area contributed by atoms with Crippen molar-refractivity contribution in [2.45, 2.75) is 37.1 Å². The van der Waals surface area contributed by atoms with Gasteiger partial charge in [-0.3, -0.25) is 9.52 Å². The molecule has 0 saturated carbocycles.